The normalized spacial score (nSPS) is 11.5. The van der Waals surface area contributed by atoms with Gasteiger partial charge in [0.2, 0.25) is 5.82 Å². The molecule has 3 aromatic rings. The molecule has 0 aliphatic rings. The van der Waals surface area contributed by atoms with Gasteiger partial charge in [0.05, 0.1) is 5.75 Å². The molecule has 1 aromatic heterocycles. The Hall–Kier alpha value is -2.61. The Morgan fingerprint density at radius 3 is 2.35 bits per heavy atom. The van der Waals surface area contributed by atoms with Crippen molar-refractivity contribution in [2.24, 2.45) is 0 Å². The van der Waals surface area contributed by atoms with E-state index in [1.165, 1.54) is 23.9 Å². The smallest absolute Gasteiger partial charge is 0.329 e. The average Bonchev–Trinajstić information content (AvgIpc) is 3.13. The van der Waals surface area contributed by atoms with Crippen LogP contribution in [0, 0.1) is 0 Å². The fraction of sp³-hybridized carbons (Fsp3) is 0.167. The van der Waals surface area contributed by atoms with Gasteiger partial charge in [0, 0.05) is 16.9 Å². The molecule has 0 saturated carbocycles. The van der Waals surface area contributed by atoms with Crippen molar-refractivity contribution in [3.63, 3.8) is 0 Å². The summed E-state index contributed by atoms with van der Waals surface area (Å²) in [7, 11) is 0. The number of rotatable bonds is 6. The molecule has 1 heterocycles. The summed E-state index contributed by atoms with van der Waals surface area (Å²) in [4.78, 5) is 15.5. The largest absolute Gasteiger partial charge is 0.471 e. The fourth-order valence-electron chi connectivity index (χ4n) is 2.18. The van der Waals surface area contributed by atoms with Crippen LogP contribution in [0.15, 0.2) is 59.1 Å². The molecule has 0 fully saturated rings. The molecule has 0 amide bonds. The molecular formula is C18H13F3N2O2S. The van der Waals surface area contributed by atoms with Crippen LogP contribution in [-0.2, 0) is 11.9 Å². The first-order valence-electron chi connectivity index (χ1n) is 7.60. The van der Waals surface area contributed by atoms with E-state index in [1.807, 2.05) is 30.3 Å². The zero-order valence-electron chi connectivity index (χ0n) is 13.4. The predicted molar refractivity (Wildman–Crippen MR) is 91.7 cm³/mol. The van der Waals surface area contributed by atoms with Crippen molar-refractivity contribution in [1.82, 2.24) is 10.1 Å². The van der Waals surface area contributed by atoms with E-state index in [-0.39, 0.29) is 11.6 Å². The van der Waals surface area contributed by atoms with Crippen molar-refractivity contribution in [2.75, 3.05) is 5.75 Å². The van der Waals surface area contributed by atoms with E-state index in [2.05, 4.69) is 14.7 Å². The number of Topliss-reactive ketones (excluding diaryl/α,β-unsaturated/α-hetero) is 1. The first kappa shape index (κ1) is 18.2. The van der Waals surface area contributed by atoms with Gasteiger partial charge in [-0.05, 0) is 5.56 Å². The first-order chi connectivity index (χ1) is 12.4. The van der Waals surface area contributed by atoms with Crippen LogP contribution in [0.1, 0.15) is 21.8 Å². The minimum Gasteiger partial charge on any atom is -0.329 e. The van der Waals surface area contributed by atoms with E-state index >= 15 is 0 Å². The van der Waals surface area contributed by atoms with Crippen LogP contribution < -0.4 is 0 Å². The van der Waals surface area contributed by atoms with Gasteiger partial charge < -0.3 is 4.52 Å². The molecule has 0 aliphatic heterocycles. The lowest BCUT2D eigenvalue weighted by Crippen LogP contribution is -2.05. The van der Waals surface area contributed by atoms with Gasteiger partial charge in [-0.25, -0.2) is 0 Å². The number of halogens is 3. The highest BCUT2D eigenvalue weighted by molar-refractivity contribution is 7.99. The molecule has 0 spiro atoms. The first-order valence-corrected chi connectivity index (χ1v) is 8.75. The van der Waals surface area contributed by atoms with Crippen molar-refractivity contribution in [3.05, 3.63) is 71.6 Å². The second-order valence-electron chi connectivity index (χ2n) is 5.40. The van der Waals surface area contributed by atoms with Crippen molar-refractivity contribution in [1.29, 1.82) is 0 Å². The minimum atomic E-state index is -4.68. The van der Waals surface area contributed by atoms with E-state index in [1.54, 1.807) is 12.1 Å². The number of hydrogen-bond acceptors (Lipinski definition) is 5. The topological polar surface area (TPSA) is 56.0 Å². The summed E-state index contributed by atoms with van der Waals surface area (Å²) in [5.74, 6) is -0.580. The summed E-state index contributed by atoms with van der Waals surface area (Å²) in [5.41, 5.74) is 1.96. The summed E-state index contributed by atoms with van der Waals surface area (Å²) in [6.07, 6.45) is -4.68. The number of benzene rings is 2. The molecule has 8 heteroatoms. The quantitative estimate of drug-likeness (QED) is 0.573. The fourth-order valence-corrected chi connectivity index (χ4v) is 3.06. The Labute approximate surface area is 151 Å². The Morgan fingerprint density at radius 2 is 1.73 bits per heavy atom. The van der Waals surface area contributed by atoms with Gasteiger partial charge in [-0.1, -0.05) is 59.8 Å². The maximum absolute atomic E-state index is 12.5. The highest BCUT2D eigenvalue weighted by Crippen LogP contribution is 2.29. The number of ketones is 1. The average molecular weight is 378 g/mol. The number of alkyl halides is 3. The zero-order chi connectivity index (χ0) is 18.6. The van der Waals surface area contributed by atoms with Crippen LogP contribution in [0.2, 0.25) is 0 Å². The van der Waals surface area contributed by atoms with Gasteiger partial charge in [0.1, 0.15) is 0 Å². The zero-order valence-corrected chi connectivity index (χ0v) is 14.2. The number of aromatic nitrogens is 2. The molecule has 0 bridgehead atoms. The van der Waals surface area contributed by atoms with Crippen molar-refractivity contribution in [2.45, 2.75) is 11.9 Å². The molecule has 0 atom stereocenters. The van der Waals surface area contributed by atoms with Crippen LogP contribution in [0.25, 0.3) is 11.4 Å². The molecule has 26 heavy (non-hydrogen) atoms. The summed E-state index contributed by atoms with van der Waals surface area (Å²) in [6.45, 7) is 0. The number of carbonyl (C=O) groups is 1. The van der Waals surface area contributed by atoms with Crippen molar-refractivity contribution >= 4 is 17.5 Å². The van der Waals surface area contributed by atoms with Gasteiger partial charge in [-0.15, -0.1) is 11.8 Å². The lowest BCUT2D eigenvalue weighted by atomic mass is 10.1. The Balaban J connectivity index is 1.60. The second-order valence-corrected chi connectivity index (χ2v) is 6.39. The van der Waals surface area contributed by atoms with Gasteiger partial charge in [0.25, 0.3) is 0 Å². The lowest BCUT2D eigenvalue weighted by Gasteiger charge is -2.03. The molecular weight excluding hydrogens is 365 g/mol. The monoisotopic (exact) mass is 378 g/mol. The Morgan fingerprint density at radius 1 is 1.04 bits per heavy atom. The summed E-state index contributed by atoms with van der Waals surface area (Å²) >= 11 is 1.50. The maximum atomic E-state index is 12.5. The SMILES string of the molecule is O=C(CSCc1ccccc1)c1ccc(-c2noc(C(F)(F)F)n2)cc1. The molecule has 0 saturated heterocycles. The van der Waals surface area contributed by atoms with Crippen LogP contribution in [0.5, 0.6) is 0 Å². The third-order valence-corrected chi connectivity index (χ3v) is 4.48. The number of nitrogens with zero attached hydrogens (tertiary/aromatic N) is 2. The van der Waals surface area contributed by atoms with Crippen LogP contribution >= 0.6 is 11.8 Å². The third-order valence-electron chi connectivity index (χ3n) is 3.48. The molecule has 0 aliphatic carbocycles. The molecule has 3 rings (SSSR count). The Kier molecular flexibility index (Phi) is 5.41. The van der Waals surface area contributed by atoms with E-state index in [0.29, 0.717) is 16.9 Å². The maximum Gasteiger partial charge on any atom is 0.471 e. The Bertz CT molecular complexity index is 877. The molecule has 0 N–H and O–H groups in total. The summed E-state index contributed by atoms with van der Waals surface area (Å²) in [5, 5.41) is 3.32. The van der Waals surface area contributed by atoms with E-state index in [9.17, 15) is 18.0 Å². The van der Waals surface area contributed by atoms with Crippen LogP contribution in [-0.4, -0.2) is 21.7 Å². The van der Waals surface area contributed by atoms with E-state index < -0.39 is 12.1 Å². The third kappa shape index (κ3) is 4.51. The predicted octanol–water partition coefficient (Wildman–Crippen LogP) is 4.87. The van der Waals surface area contributed by atoms with Crippen LogP contribution in [0.4, 0.5) is 13.2 Å². The molecule has 0 unspecified atom stereocenters. The van der Waals surface area contributed by atoms with Gasteiger partial charge in [-0.2, -0.15) is 18.2 Å². The van der Waals surface area contributed by atoms with Gasteiger partial charge in [-0.3, -0.25) is 4.79 Å². The number of thioether (sulfide) groups is 1. The molecule has 0 radical (unpaired) electrons. The van der Waals surface area contributed by atoms with Crippen LogP contribution in [0.3, 0.4) is 0 Å². The standard InChI is InChI=1S/C18H13F3N2O2S/c19-18(20,21)17-22-16(23-25-17)14-8-6-13(7-9-14)15(24)11-26-10-12-4-2-1-3-5-12/h1-9H,10-11H2. The minimum absolute atomic E-state index is 0.0541. The summed E-state index contributed by atoms with van der Waals surface area (Å²) < 4.78 is 41.7. The second kappa shape index (κ2) is 7.74. The van der Waals surface area contributed by atoms with Gasteiger partial charge in [0.15, 0.2) is 5.78 Å². The van der Waals surface area contributed by atoms with Crippen molar-refractivity contribution in [3.8, 4) is 11.4 Å². The summed E-state index contributed by atoms with van der Waals surface area (Å²) in [6, 6.07) is 15.9. The highest BCUT2D eigenvalue weighted by atomic mass is 32.2. The van der Waals surface area contributed by atoms with Gasteiger partial charge >= 0.3 is 12.1 Å². The lowest BCUT2D eigenvalue weighted by molar-refractivity contribution is -0.159. The van der Waals surface area contributed by atoms with E-state index in [4.69, 9.17) is 0 Å². The number of carbonyl (C=O) groups excluding carboxylic acids is 1. The molecule has 2 aromatic carbocycles. The number of hydrogen-bond donors (Lipinski definition) is 0. The van der Waals surface area contributed by atoms with E-state index in [0.717, 1.165) is 11.3 Å². The molecule has 4 nitrogen and oxygen atoms in total. The highest BCUT2D eigenvalue weighted by Gasteiger charge is 2.38. The van der Waals surface area contributed by atoms with Crippen molar-refractivity contribution < 1.29 is 22.5 Å². The molecule has 134 valence electrons.